The summed E-state index contributed by atoms with van der Waals surface area (Å²) in [6.45, 7) is 5.06. The van der Waals surface area contributed by atoms with Gasteiger partial charge in [0.1, 0.15) is 11.9 Å². The molecule has 1 fully saturated rings. The predicted molar refractivity (Wildman–Crippen MR) is 132 cm³/mol. The SMILES string of the molecule is CC(C)C(NC(=O)Nc1cccc(Cl)c1Cl)C(=O)N1CCC(c2nc3ccccc3[nH]2)CC1. The molecule has 7 nitrogen and oxygen atoms in total. The molecule has 2 aromatic carbocycles. The average Bonchev–Trinajstić information content (AvgIpc) is 3.24. The van der Waals surface area contributed by atoms with Crippen molar-refractivity contribution >= 4 is 51.9 Å². The van der Waals surface area contributed by atoms with Crippen LogP contribution in [0.2, 0.25) is 10.0 Å². The maximum atomic E-state index is 13.2. The van der Waals surface area contributed by atoms with Gasteiger partial charge in [0.2, 0.25) is 5.91 Å². The summed E-state index contributed by atoms with van der Waals surface area (Å²) < 4.78 is 0. The number of imidazole rings is 1. The highest BCUT2D eigenvalue weighted by atomic mass is 35.5. The van der Waals surface area contributed by atoms with Crippen LogP contribution < -0.4 is 10.6 Å². The summed E-state index contributed by atoms with van der Waals surface area (Å²) in [4.78, 5) is 35.8. The number of amides is 3. The number of hydrogen-bond donors (Lipinski definition) is 3. The molecule has 0 saturated carbocycles. The van der Waals surface area contributed by atoms with Crippen LogP contribution in [0, 0.1) is 5.92 Å². The minimum Gasteiger partial charge on any atom is -0.342 e. The number of H-pyrrole nitrogens is 1. The fourth-order valence-corrected chi connectivity index (χ4v) is 4.50. The van der Waals surface area contributed by atoms with E-state index in [1.807, 2.05) is 43.0 Å². The standard InChI is InChI=1S/C24H27Cl2N5O2/c1-14(2)21(30-24(33)29-19-9-5-6-16(25)20(19)26)23(32)31-12-10-15(11-13-31)22-27-17-7-3-4-8-18(17)28-22/h3-9,14-15,21H,10-13H2,1-2H3,(H,27,28)(H2,29,30,33). The van der Waals surface area contributed by atoms with E-state index >= 15 is 0 Å². The monoisotopic (exact) mass is 487 g/mol. The normalized spacial score (nSPS) is 15.6. The van der Waals surface area contributed by atoms with Gasteiger partial charge in [-0.3, -0.25) is 4.79 Å². The summed E-state index contributed by atoms with van der Waals surface area (Å²) in [6.07, 6.45) is 1.64. The lowest BCUT2D eigenvalue weighted by Crippen LogP contribution is -2.53. The summed E-state index contributed by atoms with van der Waals surface area (Å²) in [5, 5.41) is 6.10. The van der Waals surface area contributed by atoms with E-state index in [1.54, 1.807) is 18.2 Å². The van der Waals surface area contributed by atoms with Gasteiger partial charge >= 0.3 is 6.03 Å². The number of hydrogen-bond acceptors (Lipinski definition) is 3. The number of piperidine rings is 1. The van der Waals surface area contributed by atoms with E-state index in [1.165, 1.54) is 0 Å². The van der Waals surface area contributed by atoms with Crippen molar-refractivity contribution in [2.24, 2.45) is 5.92 Å². The molecule has 0 radical (unpaired) electrons. The van der Waals surface area contributed by atoms with Gasteiger partial charge in [0.25, 0.3) is 0 Å². The summed E-state index contributed by atoms with van der Waals surface area (Å²) >= 11 is 12.2. The van der Waals surface area contributed by atoms with Crippen LogP contribution in [0.3, 0.4) is 0 Å². The van der Waals surface area contributed by atoms with Gasteiger partial charge in [-0.05, 0) is 43.0 Å². The number of nitrogens with zero attached hydrogens (tertiary/aromatic N) is 2. The van der Waals surface area contributed by atoms with Gasteiger partial charge in [-0.15, -0.1) is 0 Å². The number of nitrogens with one attached hydrogen (secondary N) is 3. The molecule has 1 atom stereocenters. The maximum Gasteiger partial charge on any atom is 0.319 e. The van der Waals surface area contributed by atoms with Crippen LogP contribution in [-0.2, 0) is 4.79 Å². The van der Waals surface area contributed by atoms with Gasteiger partial charge in [-0.1, -0.05) is 55.2 Å². The van der Waals surface area contributed by atoms with Crippen molar-refractivity contribution < 1.29 is 9.59 Å². The Bertz CT molecular complexity index is 1120. The van der Waals surface area contributed by atoms with Crippen molar-refractivity contribution in [1.29, 1.82) is 0 Å². The Kier molecular flexibility index (Phi) is 7.10. The number of benzene rings is 2. The minimum absolute atomic E-state index is 0.0776. The van der Waals surface area contributed by atoms with Crippen LogP contribution >= 0.6 is 23.2 Å². The molecule has 4 rings (SSSR count). The van der Waals surface area contributed by atoms with E-state index in [2.05, 4.69) is 15.6 Å². The number of halogens is 2. The third-order valence-electron chi connectivity index (χ3n) is 6.02. The second-order valence-corrected chi connectivity index (χ2v) is 9.45. The molecular weight excluding hydrogens is 461 g/mol. The summed E-state index contributed by atoms with van der Waals surface area (Å²) in [6, 6.07) is 11.8. The van der Waals surface area contributed by atoms with Gasteiger partial charge in [-0.2, -0.15) is 0 Å². The Labute approximate surface area is 202 Å². The van der Waals surface area contributed by atoms with Crippen molar-refractivity contribution in [3.05, 3.63) is 58.3 Å². The molecule has 9 heteroatoms. The number of carbonyl (C=O) groups is 2. The number of anilines is 1. The van der Waals surface area contributed by atoms with Gasteiger partial charge < -0.3 is 20.5 Å². The number of urea groups is 1. The quantitative estimate of drug-likeness (QED) is 0.448. The molecule has 1 aliphatic heterocycles. The van der Waals surface area contributed by atoms with Crippen LogP contribution in [0.1, 0.15) is 38.4 Å². The molecule has 1 unspecified atom stereocenters. The highest BCUT2D eigenvalue weighted by Crippen LogP contribution is 2.30. The molecule has 0 spiro atoms. The smallest absolute Gasteiger partial charge is 0.319 e. The summed E-state index contributed by atoms with van der Waals surface area (Å²) in [5.41, 5.74) is 2.38. The molecule has 3 aromatic rings. The highest BCUT2D eigenvalue weighted by Gasteiger charge is 2.32. The molecule has 1 saturated heterocycles. The number of para-hydroxylation sites is 2. The minimum atomic E-state index is -0.647. The van der Waals surface area contributed by atoms with E-state index in [-0.39, 0.29) is 22.8 Å². The van der Waals surface area contributed by atoms with E-state index in [4.69, 9.17) is 28.2 Å². The van der Waals surface area contributed by atoms with E-state index in [9.17, 15) is 9.59 Å². The first-order valence-electron chi connectivity index (χ1n) is 11.1. The third-order valence-corrected chi connectivity index (χ3v) is 6.84. The first-order valence-corrected chi connectivity index (χ1v) is 11.8. The number of fused-ring (bicyclic) bond motifs is 1. The van der Waals surface area contributed by atoms with E-state index in [0.717, 1.165) is 29.7 Å². The summed E-state index contributed by atoms with van der Waals surface area (Å²) in [7, 11) is 0. The molecule has 1 aromatic heterocycles. The van der Waals surface area contributed by atoms with Crippen molar-refractivity contribution in [2.75, 3.05) is 18.4 Å². The lowest BCUT2D eigenvalue weighted by atomic mass is 9.94. The lowest BCUT2D eigenvalue weighted by molar-refractivity contribution is -0.135. The number of likely N-dealkylation sites (tertiary alicyclic amines) is 1. The van der Waals surface area contributed by atoms with Crippen molar-refractivity contribution in [1.82, 2.24) is 20.2 Å². The Balaban J connectivity index is 1.37. The van der Waals surface area contributed by atoms with Gasteiger partial charge in [0.05, 0.1) is 26.8 Å². The average molecular weight is 488 g/mol. The molecule has 174 valence electrons. The Morgan fingerprint density at radius 3 is 2.52 bits per heavy atom. The first kappa shape index (κ1) is 23.4. The van der Waals surface area contributed by atoms with Crippen molar-refractivity contribution in [2.45, 2.75) is 38.6 Å². The Morgan fingerprint density at radius 2 is 1.82 bits per heavy atom. The number of carbonyl (C=O) groups excluding carboxylic acids is 2. The van der Waals surface area contributed by atoms with Crippen LogP contribution in [-0.4, -0.2) is 45.9 Å². The van der Waals surface area contributed by atoms with Crippen LogP contribution in [0.4, 0.5) is 10.5 Å². The lowest BCUT2D eigenvalue weighted by Gasteiger charge is -2.35. The molecule has 1 aliphatic rings. The predicted octanol–water partition coefficient (Wildman–Crippen LogP) is 5.42. The van der Waals surface area contributed by atoms with Gasteiger partial charge in [0, 0.05) is 19.0 Å². The molecule has 3 N–H and O–H groups in total. The number of rotatable bonds is 5. The molecule has 2 heterocycles. The topological polar surface area (TPSA) is 90.1 Å². The fourth-order valence-electron chi connectivity index (χ4n) is 4.15. The van der Waals surface area contributed by atoms with Crippen LogP contribution in [0.25, 0.3) is 11.0 Å². The Morgan fingerprint density at radius 1 is 1.09 bits per heavy atom. The van der Waals surface area contributed by atoms with Crippen LogP contribution in [0.15, 0.2) is 42.5 Å². The van der Waals surface area contributed by atoms with Gasteiger partial charge in [0.15, 0.2) is 0 Å². The highest BCUT2D eigenvalue weighted by molar-refractivity contribution is 6.43. The van der Waals surface area contributed by atoms with E-state index in [0.29, 0.717) is 23.8 Å². The second-order valence-electron chi connectivity index (χ2n) is 8.66. The Hall–Kier alpha value is -2.77. The number of aromatic nitrogens is 2. The number of aromatic amines is 1. The zero-order valence-corrected chi connectivity index (χ0v) is 20.1. The summed E-state index contributed by atoms with van der Waals surface area (Å²) in [5.74, 6) is 1.09. The molecule has 33 heavy (non-hydrogen) atoms. The third kappa shape index (κ3) is 5.25. The molecule has 0 bridgehead atoms. The first-order chi connectivity index (χ1) is 15.8. The van der Waals surface area contributed by atoms with Crippen molar-refractivity contribution in [3.8, 4) is 0 Å². The van der Waals surface area contributed by atoms with Crippen LogP contribution in [0.5, 0.6) is 0 Å². The largest absolute Gasteiger partial charge is 0.342 e. The van der Waals surface area contributed by atoms with Crippen molar-refractivity contribution in [3.63, 3.8) is 0 Å². The van der Waals surface area contributed by atoms with Gasteiger partial charge in [-0.25, -0.2) is 9.78 Å². The molecular formula is C24H27Cl2N5O2. The maximum absolute atomic E-state index is 13.2. The zero-order valence-electron chi connectivity index (χ0n) is 18.6. The molecule has 3 amide bonds. The zero-order chi connectivity index (χ0) is 23.5. The van der Waals surface area contributed by atoms with E-state index < -0.39 is 12.1 Å². The fraction of sp³-hybridized carbons (Fsp3) is 0.375. The molecule has 0 aliphatic carbocycles. The second kappa shape index (κ2) is 10.0.